The number of carboxylic acids is 1. The van der Waals surface area contributed by atoms with Crippen LogP contribution in [0.1, 0.15) is 39.0 Å². The van der Waals surface area contributed by atoms with Crippen LogP contribution in [-0.2, 0) is 4.79 Å². The van der Waals surface area contributed by atoms with Gasteiger partial charge in [-0.15, -0.1) is 0 Å². The van der Waals surface area contributed by atoms with Crippen molar-refractivity contribution in [2.75, 3.05) is 0 Å². The lowest BCUT2D eigenvalue weighted by Crippen LogP contribution is -2.18. The molecule has 13 heavy (non-hydrogen) atoms. The van der Waals surface area contributed by atoms with E-state index in [9.17, 15) is 4.79 Å². The van der Waals surface area contributed by atoms with Crippen LogP contribution >= 0.6 is 0 Å². The third kappa shape index (κ3) is 2.47. The van der Waals surface area contributed by atoms with Crippen LogP contribution in [0.4, 0.5) is 0 Å². The second kappa shape index (κ2) is 4.30. The predicted octanol–water partition coefficient (Wildman–Crippen LogP) is 1.88. The van der Waals surface area contributed by atoms with Crippen LogP contribution in [0.3, 0.4) is 0 Å². The van der Waals surface area contributed by atoms with Crippen LogP contribution in [-0.4, -0.2) is 11.1 Å². The number of carbonyl (C=O) groups is 1. The maximum absolute atomic E-state index is 10.6. The minimum Gasteiger partial charge on any atom is -0.477 e. The summed E-state index contributed by atoms with van der Waals surface area (Å²) in [5.41, 5.74) is 6.39. The molecule has 3 nitrogen and oxygen atoms in total. The molecule has 3 N–H and O–H groups in total. The zero-order valence-electron chi connectivity index (χ0n) is 8.05. The van der Waals surface area contributed by atoms with Crippen molar-refractivity contribution in [3.63, 3.8) is 0 Å². The average Bonchev–Trinajstić information content (AvgIpc) is 2.17. The summed E-state index contributed by atoms with van der Waals surface area (Å²) in [5.74, 6) is -0.576. The highest BCUT2D eigenvalue weighted by Gasteiger charge is 2.19. The van der Waals surface area contributed by atoms with Gasteiger partial charge < -0.3 is 10.8 Å². The summed E-state index contributed by atoms with van der Waals surface area (Å²) in [6.07, 6.45) is 5.88. The highest BCUT2D eigenvalue weighted by molar-refractivity contribution is 5.86. The molecule has 1 aliphatic carbocycles. The highest BCUT2D eigenvalue weighted by atomic mass is 16.4. The van der Waals surface area contributed by atoms with Crippen molar-refractivity contribution < 1.29 is 9.90 Å². The van der Waals surface area contributed by atoms with E-state index in [4.69, 9.17) is 10.8 Å². The van der Waals surface area contributed by atoms with Crippen molar-refractivity contribution in [1.29, 1.82) is 0 Å². The number of rotatable bonds is 2. The Morgan fingerprint density at radius 1 is 1.31 bits per heavy atom. The summed E-state index contributed by atoms with van der Waals surface area (Å²) in [7, 11) is 0. The molecular weight excluding hydrogens is 166 g/mol. The van der Waals surface area contributed by atoms with E-state index in [1.807, 2.05) is 6.92 Å². The second-order valence-corrected chi connectivity index (χ2v) is 3.74. The van der Waals surface area contributed by atoms with E-state index in [2.05, 4.69) is 0 Å². The van der Waals surface area contributed by atoms with Crippen LogP contribution in [0.25, 0.3) is 0 Å². The minimum absolute atomic E-state index is 0.0481. The van der Waals surface area contributed by atoms with E-state index in [0.717, 1.165) is 18.4 Å². The van der Waals surface area contributed by atoms with Crippen molar-refractivity contribution >= 4 is 5.97 Å². The zero-order valence-corrected chi connectivity index (χ0v) is 8.05. The lowest BCUT2D eigenvalue weighted by atomic mass is 9.83. The first kappa shape index (κ1) is 10.1. The number of carboxylic acid groups (broad SMARTS) is 1. The molecule has 3 heteroatoms. The van der Waals surface area contributed by atoms with Gasteiger partial charge in [0, 0.05) is 0 Å². The van der Waals surface area contributed by atoms with Crippen LogP contribution in [0.5, 0.6) is 0 Å². The third-order valence-corrected chi connectivity index (χ3v) is 2.87. The molecule has 1 saturated carbocycles. The molecule has 1 rings (SSSR count). The van der Waals surface area contributed by atoms with Gasteiger partial charge in [0.2, 0.25) is 0 Å². The van der Waals surface area contributed by atoms with Gasteiger partial charge >= 0.3 is 5.97 Å². The van der Waals surface area contributed by atoms with Crippen molar-refractivity contribution in [3.8, 4) is 0 Å². The molecule has 1 fully saturated rings. The van der Waals surface area contributed by atoms with Crippen LogP contribution in [0.2, 0.25) is 0 Å². The molecule has 0 aromatic rings. The Morgan fingerprint density at radius 2 is 1.85 bits per heavy atom. The standard InChI is InChI=1S/C10H17NO2/c1-7(9(11)10(12)13)8-5-3-2-4-6-8/h8H,2-6,11H2,1H3,(H,12,13)/b9-7+. The molecular formula is C10H17NO2. The van der Waals surface area contributed by atoms with Gasteiger partial charge in [-0.05, 0) is 31.3 Å². The fourth-order valence-corrected chi connectivity index (χ4v) is 1.92. The Balaban J connectivity index is 2.68. The van der Waals surface area contributed by atoms with Gasteiger partial charge in [-0.3, -0.25) is 0 Å². The molecule has 0 aromatic carbocycles. The van der Waals surface area contributed by atoms with E-state index >= 15 is 0 Å². The molecule has 0 aliphatic heterocycles. The summed E-state index contributed by atoms with van der Waals surface area (Å²) in [6.45, 7) is 1.85. The number of hydrogen-bond donors (Lipinski definition) is 2. The lowest BCUT2D eigenvalue weighted by Gasteiger charge is -2.22. The summed E-state index contributed by atoms with van der Waals surface area (Å²) in [6, 6.07) is 0. The summed E-state index contributed by atoms with van der Waals surface area (Å²) < 4.78 is 0. The van der Waals surface area contributed by atoms with E-state index < -0.39 is 5.97 Å². The van der Waals surface area contributed by atoms with Crippen molar-refractivity contribution in [3.05, 3.63) is 11.3 Å². The van der Waals surface area contributed by atoms with Crippen molar-refractivity contribution in [2.24, 2.45) is 11.7 Å². The summed E-state index contributed by atoms with van der Waals surface area (Å²) in [5, 5.41) is 8.70. The first-order valence-electron chi connectivity index (χ1n) is 4.82. The van der Waals surface area contributed by atoms with Gasteiger partial charge in [0.05, 0.1) is 0 Å². The van der Waals surface area contributed by atoms with Crippen molar-refractivity contribution in [2.45, 2.75) is 39.0 Å². The maximum Gasteiger partial charge on any atom is 0.351 e. The fraction of sp³-hybridized carbons (Fsp3) is 0.700. The van der Waals surface area contributed by atoms with E-state index in [-0.39, 0.29) is 5.70 Å². The summed E-state index contributed by atoms with van der Waals surface area (Å²) >= 11 is 0. The topological polar surface area (TPSA) is 63.3 Å². The molecule has 0 heterocycles. The number of allylic oxidation sites excluding steroid dienone is 1. The Bertz CT molecular complexity index is 227. The molecule has 0 saturated heterocycles. The van der Waals surface area contributed by atoms with Gasteiger partial charge in [0.1, 0.15) is 5.70 Å². The molecule has 0 spiro atoms. The molecule has 0 radical (unpaired) electrons. The number of nitrogens with two attached hydrogens (primary N) is 1. The molecule has 0 amide bonds. The molecule has 74 valence electrons. The highest BCUT2D eigenvalue weighted by Crippen LogP contribution is 2.30. The fourth-order valence-electron chi connectivity index (χ4n) is 1.92. The monoisotopic (exact) mass is 183 g/mol. The van der Waals surface area contributed by atoms with E-state index in [1.54, 1.807) is 0 Å². The minimum atomic E-state index is -0.983. The molecule has 0 unspecified atom stereocenters. The van der Waals surface area contributed by atoms with Crippen LogP contribution in [0.15, 0.2) is 11.3 Å². The number of hydrogen-bond acceptors (Lipinski definition) is 2. The van der Waals surface area contributed by atoms with E-state index in [0.29, 0.717) is 5.92 Å². The van der Waals surface area contributed by atoms with Crippen LogP contribution in [0, 0.1) is 5.92 Å². The third-order valence-electron chi connectivity index (χ3n) is 2.87. The van der Waals surface area contributed by atoms with E-state index in [1.165, 1.54) is 19.3 Å². The van der Waals surface area contributed by atoms with Gasteiger partial charge in [-0.1, -0.05) is 19.3 Å². The Morgan fingerprint density at radius 3 is 2.31 bits per heavy atom. The first-order chi connectivity index (χ1) is 6.13. The Kier molecular flexibility index (Phi) is 3.34. The quantitative estimate of drug-likeness (QED) is 0.642. The molecule has 1 aliphatic rings. The van der Waals surface area contributed by atoms with Crippen molar-refractivity contribution in [1.82, 2.24) is 0 Å². The van der Waals surface area contributed by atoms with Gasteiger partial charge in [-0.25, -0.2) is 4.79 Å². The SMILES string of the molecule is C/C(=C(\N)C(=O)O)C1CCCCC1. The Labute approximate surface area is 78.6 Å². The largest absolute Gasteiger partial charge is 0.477 e. The zero-order chi connectivity index (χ0) is 9.84. The molecule has 0 aromatic heterocycles. The smallest absolute Gasteiger partial charge is 0.351 e. The van der Waals surface area contributed by atoms with Gasteiger partial charge in [-0.2, -0.15) is 0 Å². The van der Waals surface area contributed by atoms with Crippen LogP contribution < -0.4 is 5.73 Å². The number of aliphatic carboxylic acids is 1. The molecule has 0 atom stereocenters. The summed E-state index contributed by atoms with van der Waals surface area (Å²) in [4.78, 5) is 10.6. The van der Waals surface area contributed by atoms with Gasteiger partial charge in [0.25, 0.3) is 0 Å². The first-order valence-corrected chi connectivity index (χ1v) is 4.82. The lowest BCUT2D eigenvalue weighted by molar-refractivity contribution is -0.132. The Hall–Kier alpha value is -0.990. The maximum atomic E-state index is 10.6. The molecule has 0 bridgehead atoms. The second-order valence-electron chi connectivity index (χ2n) is 3.74. The predicted molar refractivity (Wildman–Crippen MR) is 51.1 cm³/mol. The van der Waals surface area contributed by atoms with Gasteiger partial charge in [0.15, 0.2) is 0 Å². The average molecular weight is 183 g/mol. The normalized spacial score (nSPS) is 21.0.